The van der Waals surface area contributed by atoms with Gasteiger partial charge in [-0.3, -0.25) is 10.1 Å². The molecule has 7 nitrogen and oxygen atoms in total. The fraction of sp³-hybridized carbons (Fsp3) is 0.333. The molecule has 1 atom stereocenters. The predicted molar refractivity (Wildman–Crippen MR) is 59.2 cm³/mol. The van der Waals surface area contributed by atoms with E-state index >= 15 is 0 Å². The van der Waals surface area contributed by atoms with Gasteiger partial charge in [-0.05, 0) is 24.6 Å². The molecule has 17 heavy (non-hydrogen) atoms. The lowest BCUT2D eigenvalue weighted by Crippen LogP contribution is -2.30. The molecule has 0 aliphatic rings. The first-order valence-corrected chi connectivity index (χ1v) is 5.07. The monoisotopic (exact) mass is 260 g/mol. The Kier molecular flexibility index (Phi) is 3.84. The van der Waals surface area contributed by atoms with Gasteiger partial charge in [0.1, 0.15) is 0 Å². The minimum absolute atomic E-state index is 0.105. The van der Waals surface area contributed by atoms with Crippen molar-refractivity contribution < 1.29 is 14.8 Å². The van der Waals surface area contributed by atoms with Gasteiger partial charge in [-0.25, -0.2) is 0 Å². The molecule has 0 N–H and O–H groups in total. The number of benzene rings is 1. The zero-order valence-corrected chi connectivity index (χ0v) is 9.59. The smallest absolute Gasteiger partial charge is 0.295 e. The summed E-state index contributed by atoms with van der Waals surface area (Å²) in [6.45, 7) is 1.43. The second-order valence-electron chi connectivity index (χ2n) is 3.48. The van der Waals surface area contributed by atoms with Crippen molar-refractivity contribution in [2.45, 2.75) is 12.5 Å². The maximum Gasteiger partial charge on any atom is 0.295 e. The highest BCUT2D eigenvalue weighted by Crippen LogP contribution is 2.28. The van der Waals surface area contributed by atoms with Gasteiger partial charge >= 0.3 is 0 Å². The van der Waals surface area contributed by atoms with Crippen LogP contribution in [-0.2, 0) is 10.4 Å². The molecule has 0 spiro atoms. The van der Waals surface area contributed by atoms with Crippen molar-refractivity contribution in [1.82, 2.24) is 0 Å². The summed E-state index contributed by atoms with van der Waals surface area (Å²) in [6, 6.07) is 5.24. The maximum absolute atomic E-state index is 10.4. The van der Waals surface area contributed by atoms with Gasteiger partial charge in [0, 0.05) is 12.1 Å². The molecule has 0 aromatic heterocycles. The lowest BCUT2D eigenvalue weighted by atomic mass is 9.98. The maximum atomic E-state index is 10.4. The van der Waals surface area contributed by atoms with Crippen LogP contribution >= 0.6 is 11.6 Å². The summed E-state index contributed by atoms with van der Waals surface area (Å²) in [6.07, 6.45) is 0. The number of nitrogens with zero attached hydrogens (tertiary/aromatic N) is 2. The molecule has 0 heterocycles. The van der Waals surface area contributed by atoms with Crippen molar-refractivity contribution in [2.75, 3.05) is 5.88 Å². The molecule has 0 amide bonds. The largest absolute Gasteiger partial charge is 0.302 e. The predicted octanol–water partition coefficient (Wildman–Crippen LogP) is 2.26. The van der Waals surface area contributed by atoms with Gasteiger partial charge in [-0.15, -0.1) is 21.7 Å². The topological polar surface area (TPSA) is 95.5 Å². The summed E-state index contributed by atoms with van der Waals surface area (Å²) < 4.78 is 0. The second kappa shape index (κ2) is 4.96. The first kappa shape index (κ1) is 13.2. The normalized spacial score (nSPS) is 13.8. The molecule has 0 aliphatic carbocycles. The summed E-state index contributed by atoms with van der Waals surface area (Å²) in [4.78, 5) is 24.7. The van der Waals surface area contributed by atoms with Gasteiger partial charge < -0.3 is 4.84 Å². The lowest BCUT2D eigenvalue weighted by molar-refractivity contribution is -0.782. The quantitative estimate of drug-likeness (QED) is 0.460. The van der Waals surface area contributed by atoms with Crippen molar-refractivity contribution in [2.24, 2.45) is 0 Å². The molecule has 0 saturated heterocycles. The van der Waals surface area contributed by atoms with Gasteiger partial charge in [-0.1, -0.05) is 0 Å². The van der Waals surface area contributed by atoms with E-state index in [9.17, 15) is 20.2 Å². The van der Waals surface area contributed by atoms with E-state index in [4.69, 9.17) is 11.6 Å². The standard InChI is InChI=1S/C9H9ClN2O5/c1-9(6-10,17-12(15)16)7-2-4-8(5-3-7)11(13)14/h2-5H,6H2,1H3. The Morgan fingerprint density at radius 2 is 1.82 bits per heavy atom. The average molecular weight is 261 g/mol. The summed E-state index contributed by atoms with van der Waals surface area (Å²) in [5, 5.41) is 19.8. The van der Waals surface area contributed by atoms with Crippen LogP contribution in [0.2, 0.25) is 0 Å². The first-order valence-electron chi connectivity index (χ1n) is 4.53. The van der Waals surface area contributed by atoms with Crippen LogP contribution in [0, 0.1) is 20.2 Å². The Morgan fingerprint density at radius 3 is 2.18 bits per heavy atom. The van der Waals surface area contributed by atoms with Crippen LogP contribution in [0.1, 0.15) is 12.5 Å². The third-order valence-corrected chi connectivity index (χ3v) is 2.73. The molecule has 1 aromatic rings. The molecule has 0 radical (unpaired) electrons. The van der Waals surface area contributed by atoms with E-state index in [1.807, 2.05) is 0 Å². The number of rotatable bonds is 5. The van der Waals surface area contributed by atoms with Crippen LogP contribution in [-0.4, -0.2) is 15.9 Å². The third-order valence-electron chi connectivity index (χ3n) is 2.22. The molecule has 0 saturated carbocycles. The van der Waals surface area contributed by atoms with Gasteiger partial charge in [0.2, 0.25) is 0 Å². The Hall–Kier alpha value is -1.89. The molecule has 92 valence electrons. The number of hydrogen-bond donors (Lipinski definition) is 0. The molecule has 0 aliphatic heterocycles. The zero-order valence-electron chi connectivity index (χ0n) is 8.83. The fourth-order valence-corrected chi connectivity index (χ4v) is 1.46. The van der Waals surface area contributed by atoms with E-state index in [2.05, 4.69) is 4.84 Å². The fourth-order valence-electron chi connectivity index (χ4n) is 1.25. The number of nitro groups is 1. The number of non-ortho nitro benzene ring substituents is 1. The van der Waals surface area contributed by atoms with Gasteiger partial charge in [-0.2, -0.15) is 0 Å². The number of alkyl halides is 1. The first-order chi connectivity index (χ1) is 7.89. The molecule has 0 bridgehead atoms. The number of hydrogen-bond acceptors (Lipinski definition) is 5. The molecular weight excluding hydrogens is 252 g/mol. The van der Waals surface area contributed by atoms with Crippen LogP contribution < -0.4 is 0 Å². The van der Waals surface area contributed by atoms with Crippen molar-refractivity contribution in [3.63, 3.8) is 0 Å². The average Bonchev–Trinajstić information content (AvgIpc) is 2.28. The minimum atomic E-state index is -1.32. The Morgan fingerprint density at radius 1 is 1.29 bits per heavy atom. The van der Waals surface area contributed by atoms with E-state index in [-0.39, 0.29) is 11.6 Å². The van der Waals surface area contributed by atoms with Crippen molar-refractivity contribution >= 4 is 17.3 Å². The number of halogens is 1. The number of nitro benzene ring substituents is 1. The third kappa shape index (κ3) is 3.04. The van der Waals surface area contributed by atoms with Crippen LogP contribution in [0.15, 0.2) is 24.3 Å². The van der Waals surface area contributed by atoms with Crippen LogP contribution in [0.5, 0.6) is 0 Å². The highest BCUT2D eigenvalue weighted by molar-refractivity contribution is 6.18. The van der Waals surface area contributed by atoms with Crippen molar-refractivity contribution in [3.05, 3.63) is 50.1 Å². The Balaban J connectivity index is 3.04. The molecule has 1 rings (SSSR count). The zero-order chi connectivity index (χ0) is 13.1. The van der Waals surface area contributed by atoms with Gasteiger partial charge in [0.15, 0.2) is 5.60 Å². The van der Waals surface area contributed by atoms with Gasteiger partial charge in [0.25, 0.3) is 10.8 Å². The van der Waals surface area contributed by atoms with Crippen molar-refractivity contribution in [3.8, 4) is 0 Å². The Labute approximate surface area is 101 Å². The van der Waals surface area contributed by atoms with Gasteiger partial charge in [0.05, 0.1) is 10.8 Å². The van der Waals surface area contributed by atoms with E-state index in [1.54, 1.807) is 0 Å². The van der Waals surface area contributed by atoms with Crippen LogP contribution in [0.3, 0.4) is 0 Å². The highest BCUT2D eigenvalue weighted by atomic mass is 35.5. The SMILES string of the molecule is CC(CCl)(O[N+](=O)[O-])c1ccc([N+](=O)[O-])cc1. The summed E-state index contributed by atoms with van der Waals surface area (Å²) >= 11 is 5.63. The Bertz CT molecular complexity index is 436. The van der Waals surface area contributed by atoms with E-state index in [1.165, 1.54) is 31.2 Å². The second-order valence-corrected chi connectivity index (χ2v) is 3.75. The van der Waals surface area contributed by atoms with Crippen LogP contribution in [0.4, 0.5) is 5.69 Å². The molecule has 1 aromatic carbocycles. The molecule has 1 unspecified atom stereocenters. The summed E-state index contributed by atoms with van der Waals surface area (Å²) in [5.41, 5.74) is -1.03. The molecular formula is C9H9ClN2O5. The van der Waals surface area contributed by atoms with E-state index < -0.39 is 15.6 Å². The summed E-state index contributed by atoms with van der Waals surface area (Å²) in [5.74, 6) is -0.147. The van der Waals surface area contributed by atoms with E-state index in [0.29, 0.717) is 5.56 Å². The van der Waals surface area contributed by atoms with Crippen LogP contribution in [0.25, 0.3) is 0 Å². The van der Waals surface area contributed by atoms with E-state index in [0.717, 1.165) is 0 Å². The highest BCUT2D eigenvalue weighted by Gasteiger charge is 2.30. The minimum Gasteiger partial charge on any atom is -0.302 e. The molecule has 0 fully saturated rings. The summed E-state index contributed by atoms with van der Waals surface area (Å²) in [7, 11) is 0. The molecule has 8 heteroatoms. The lowest BCUT2D eigenvalue weighted by Gasteiger charge is -2.24. The van der Waals surface area contributed by atoms with Crippen molar-refractivity contribution in [1.29, 1.82) is 0 Å².